The molecule has 0 radical (unpaired) electrons. The van der Waals surface area contributed by atoms with Crippen LogP contribution in [0.4, 0.5) is 17.3 Å². The molecule has 0 aliphatic rings. The Morgan fingerprint density at radius 3 is 2.50 bits per heavy atom. The van der Waals surface area contributed by atoms with E-state index in [9.17, 15) is 10.1 Å². The van der Waals surface area contributed by atoms with Crippen LogP contribution >= 0.6 is 15.9 Å². The van der Waals surface area contributed by atoms with Crippen LogP contribution in [-0.2, 0) is 6.54 Å². The van der Waals surface area contributed by atoms with Crippen molar-refractivity contribution in [3.05, 3.63) is 56.5 Å². The molecule has 4 N–H and O–H groups in total. The molecule has 0 saturated carbocycles. The van der Waals surface area contributed by atoms with Gasteiger partial charge in [0, 0.05) is 11.0 Å². The fourth-order valence-electron chi connectivity index (χ4n) is 1.58. The van der Waals surface area contributed by atoms with Crippen LogP contribution in [0.2, 0.25) is 0 Å². The topological polar surface area (TPSA) is 106 Å². The van der Waals surface area contributed by atoms with E-state index in [0.717, 1.165) is 10.0 Å². The van der Waals surface area contributed by atoms with Crippen LogP contribution in [0, 0.1) is 10.1 Å². The molecule has 1 aromatic heterocycles. The second-order valence-corrected chi connectivity index (χ2v) is 4.89. The number of halogens is 1. The molecule has 7 nitrogen and oxygen atoms in total. The molecular formula is C12H12BrN5O2. The molecule has 0 saturated heterocycles. The first-order chi connectivity index (χ1) is 9.58. The third-order valence-corrected chi connectivity index (χ3v) is 3.08. The average molecular weight is 338 g/mol. The maximum atomic E-state index is 10.8. The van der Waals surface area contributed by atoms with Crippen LogP contribution in [0.15, 0.2) is 40.9 Å². The van der Waals surface area contributed by atoms with Gasteiger partial charge in [0.2, 0.25) is 0 Å². The van der Waals surface area contributed by atoms with Gasteiger partial charge in [-0.25, -0.2) is 10.8 Å². The van der Waals surface area contributed by atoms with E-state index in [-0.39, 0.29) is 11.5 Å². The minimum atomic E-state index is -0.493. The van der Waals surface area contributed by atoms with Crippen molar-refractivity contribution in [2.45, 2.75) is 6.54 Å². The van der Waals surface area contributed by atoms with E-state index in [0.29, 0.717) is 12.4 Å². The summed E-state index contributed by atoms with van der Waals surface area (Å²) in [7, 11) is 0. The largest absolute Gasteiger partial charge is 0.366 e. The van der Waals surface area contributed by atoms with E-state index in [1.165, 1.54) is 12.1 Å². The molecule has 2 aromatic rings. The molecule has 0 amide bonds. The van der Waals surface area contributed by atoms with Crippen molar-refractivity contribution in [3.63, 3.8) is 0 Å². The summed E-state index contributed by atoms with van der Waals surface area (Å²) in [6.07, 6.45) is 0. The highest BCUT2D eigenvalue weighted by molar-refractivity contribution is 9.10. The van der Waals surface area contributed by atoms with Gasteiger partial charge in [-0.05, 0) is 17.7 Å². The summed E-state index contributed by atoms with van der Waals surface area (Å²) in [5.74, 6) is 5.86. The Balaban J connectivity index is 2.14. The molecule has 1 heterocycles. The van der Waals surface area contributed by atoms with Crippen molar-refractivity contribution in [1.82, 2.24) is 4.98 Å². The van der Waals surface area contributed by atoms with Gasteiger partial charge in [-0.2, -0.15) is 0 Å². The molecule has 0 aliphatic carbocycles. The van der Waals surface area contributed by atoms with Gasteiger partial charge in [-0.15, -0.1) is 0 Å². The Bertz CT molecular complexity index is 618. The highest BCUT2D eigenvalue weighted by atomic mass is 79.9. The number of rotatable bonds is 5. The zero-order valence-electron chi connectivity index (χ0n) is 10.3. The summed E-state index contributed by atoms with van der Waals surface area (Å²) < 4.78 is 0.990. The lowest BCUT2D eigenvalue weighted by Crippen LogP contribution is -2.10. The Labute approximate surface area is 123 Å². The maximum Gasteiger partial charge on any atom is 0.276 e. The summed E-state index contributed by atoms with van der Waals surface area (Å²) in [5.41, 5.74) is 3.26. The molecule has 0 fully saturated rings. The van der Waals surface area contributed by atoms with E-state index >= 15 is 0 Å². The number of benzene rings is 1. The minimum Gasteiger partial charge on any atom is -0.366 e. The number of nitrogens with one attached hydrogen (secondary N) is 2. The maximum absolute atomic E-state index is 10.8. The highest BCUT2D eigenvalue weighted by Crippen LogP contribution is 2.20. The first-order valence-corrected chi connectivity index (χ1v) is 6.49. The molecule has 2 rings (SSSR count). The van der Waals surface area contributed by atoms with Crippen LogP contribution in [-0.4, -0.2) is 9.91 Å². The lowest BCUT2D eigenvalue weighted by Gasteiger charge is -2.07. The third kappa shape index (κ3) is 3.65. The Hall–Kier alpha value is -2.19. The molecular weight excluding hydrogens is 326 g/mol. The van der Waals surface area contributed by atoms with Gasteiger partial charge in [0.1, 0.15) is 11.6 Å². The van der Waals surface area contributed by atoms with Crippen LogP contribution in [0.3, 0.4) is 0 Å². The number of anilines is 2. The van der Waals surface area contributed by atoms with Crippen molar-refractivity contribution in [2.75, 3.05) is 10.7 Å². The fourth-order valence-corrected chi connectivity index (χ4v) is 1.85. The van der Waals surface area contributed by atoms with Crippen LogP contribution in [0.5, 0.6) is 0 Å². The summed E-state index contributed by atoms with van der Waals surface area (Å²) in [5, 5.41) is 13.8. The van der Waals surface area contributed by atoms with E-state index in [4.69, 9.17) is 5.84 Å². The molecule has 0 bridgehead atoms. The number of nitrogens with zero attached hydrogens (tertiary/aromatic N) is 2. The van der Waals surface area contributed by atoms with E-state index in [1.54, 1.807) is 0 Å². The Morgan fingerprint density at radius 2 is 1.90 bits per heavy atom. The van der Waals surface area contributed by atoms with E-state index in [1.807, 2.05) is 24.3 Å². The van der Waals surface area contributed by atoms with Gasteiger partial charge in [0.15, 0.2) is 0 Å². The van der Waals surface area contributed by atoms with Gasteiger partial charge < -0.3 is 10.7 Å². The lowest BCUT2D eigenvalue weighted by atomic mass is 10.2. The fraction of sp³-hybridized carbons (Fsp3) is 0.0833. The number of nitrogens with two attached hydrogens (primary N) is 1. The third-order valence-electron chi connectivity index (χ3n) is 2.56. The summed E-state index contributed by atoms with van der Waals surface area (Å²) in [6, 6.07) is 10.4. The Morgan fingerprint density at radius 1 is 1.25 bits per heavy atom. The molecule has 20 heavy (non-hydrogen) atoms. The number of hydrazine groups is 1. The van der Waals surface area contributed by atoms with Crippen molar-refractivity contribution < 1.29 is 4.92 Å². The molecule has 0 unspecified atom stereocenters. The predicted molar refractivity (Wildman–Crippen MR) is 80.2 cm³/mol. The zero-order chi connectivity index (χ0) is 14.5. The smallest absolute Gasteiger partial charge is 0.276 e. The molecule has 8 heteroatoms. The summed E-state index contributed by atoms with van der Waals surface area (Å²) in [4.78, 5) is 14.4. The SMILES string of the molecule is NNc1cc([N+](=O)[O-])cc(NCc2ccc(Br)cc2)n1. The first kappa shape index (κ1) is 14.2. The molecule has 0 aliphatic heterocycles. The predicted octanol–water partition coefficient (Wildman–Crippen LogP) is 2.65. The van der Waals surface area contributed by atoms with E-state index < -0.39 is 4.92 Å². The van der Waals surface area contributed by atoms with Gasteiger partial charge >= 0.3 is 0 Å². The number of pyridine rings is 1. The number of aromatic nitrogens is 1. The molecule has 1 aromatic carbocycles. The van der Waals surface area contributed by atoms with Crippen molar-refractivity contribution in [1.29, 1.82) is 0 Å². The summed E-state index contributed by atoms with van der Waals surface area (Å²) >= 11 is 3.36. The molecule has 0 atom stereocenters. The standard InChI is InChI=1S/C12H12BrN5O2/c13-9-3-1-8(2-4-9)7-15-11-5-10(18(19)20)6-12(16-11)17-14/h1-6H,7,14H2,(H2,15,16,17). The average Bonchev–Trinajstić information content (AvgIpc) is 2.46. The van der Waals surface area contributed by atoms with Crippen molar-refractivity contribution in [2.24, 2.45) is 5.84 Å². The molecule has 104 valence electrons. The lowest BCUT2D eigenvalue weighted by molar-refractivity contribution is -0.384. The van der Waals surface area contributed by atoms with Gasteiger partial charge in [0.05, 0.1) is 17.1 Å². The number of nitrogen functional groups attached to an aromatic ring is 1. The molecule has 0 spiro atoms. The second kappa shape index (κ2) is 6.31. The van der Waals surface area contributed by atoms with Crippen LogP contribution in [0.1, 0.15) is 5.56 Å². The quantitative estimate of drug-likeness (QED) is 0.440. The monoisotopic (exact) mass is 337 g/mol. The normalized spacial score (nSPS) is 10.1. The minimum absolute atomic E-state index is 0.0775. The van der Waals surface area contributed by atoms with E-state index in [2.05, 4.69) is 31.7 Å². The van der Waals surface area contributed by atoms with Crippen LogP contribution < -0.4 is 16.6 Å². The number of nitro groups is 1. The van der Waals surface area contributed by atoms with Crippen LogP contribution in [0.25, 0.3) is 0 Å². The zero-order valence-corrected chi connectivity index (χ0v) is 11.9. The van der Waals surface area contributed by atoms with Gasteiger partial charge in [-0.1, -0.05) is 28.1 Å². The van der Waals surface area contributed by atoms with Gasteiger partial charge in [-0.3, -0.25) is 10.1 Å². The second-order valence-electron chi connectivity index (χ2n) is 3.98. The Kier molecular flexibility index (Phi) is 4.49. The highest BCUT2D eigenvalue weighted by Gasteiger charge is 2.10. The first-order valence-electron chi connectivity index (χ1n) is 5.70. The van der Waals surface area contributed by atoms with Crippen molar-refractivity contribution in [3.8, 4) is 0 Å². The summed E-state index contributed by atoms with van der Waals surface area (Å²) in [6.45, 7) is 0.505. The number of hydrogen-bond acceptors (Lipinski definition) is 6. The number of hydrogen-bond donors (Lipinski definition) is 3. The van der Waals surface area contributed by atoms with Gasteiger partial charge in [0.25, 0.3) is 5.69 Å². The van der Waals surface area contributed by atoms with Crippen molar-refractivity contribution >= 4 is 33.3 Å².